The van der Waals surface area contributed by atoms with Crippen molar-refractivity contribution in [1.29, 1.82) is 0 Å². The molecule has 8 heteroatoms. The minimum Gasteiger partial charge on any atom is -0.493 e. The number of amides is 1. The van der Waals surface area contributed by atoms with Gasteiger partial charge in [-0.15, -0.1) is 13.2 Å². The third-order valence-corrected chi connectivity index (χ3v) is 3.76. The van der Waals surface area contributed by atoms with Crippen molar-refractivity contribution < 1.29 is 27.4 Å². The van der Waals surface area contributed by atoms with E-state index >= 15 is 0 Å². The SMILES string of the molecule is CC(C)CCNC(=O)c1ccc(CCOc2cccc(OC(F)(F)F)c2)cn1. The highest BCUT2D eigenvalue weighted by Gasteiger charge is 2.31. The Hall–Kier alpha value is -2.77. The third-order valence-electron chi connectivity index (χ3n) is 3.76. The predicted octanol–water partition coefficient (Wildman–Crippen LogP) is 4.38. The number of benzene rings is 1. The molecule has 1 aromatic heterocycles. The molecule has 2 rings (SSSR count). The van der Waals surface area contributed by atoms with Gasteiger partial charge in [-0.3, -0.25) is 9.78 Å². The Balaban J connectivity index is 1.80. The van der Waals surface area contributed by atoms with Gasteiger partial charge in [0.2, 0.25) is 0 Å². The molecule has 1 amide bonds. The summed E-state index contributed by atoms with van der Waals surface area (Å²) in [6.45, 7) is 5.02. The van der Waals surface area contributed by atoms with Crippen LogP contribution in [0.2, 0.25) is 0 Å². The number of carbonyl (C=O) groups excluding carboxylic acids is 1. The number of halogens is 3. The lowest BCUT2D eigenvalue weighted by Gasteiger charge is -2.11. The van der Waals surface area contributed by atoms with Crippen LogP contribution in [0.25, 0.3) is 0 Å². The topological polar surface area (TPSA) is 60.5 Å². The average Bonchev–Trinajstić information content (AvgIpc) is 2.61. The molecular weight excluding hydrogens is 373 g/mol. The van der Waals surface area contributed by atoms with E-state index in [4.69, 9.17) is 4.74 Å². The lowest BCUT2D eigenvalue weighted by molar-refractivity contribution is -0.274. The van der Waals surface area contributed by atoms with Crippen molar-refractivity contribution in [3.05, 3.63) is 53.9 Å². The van der Waals surface area contributed by atoms with Crippen LogP contribution in [0.1, 0.15) is 36.3 Å². The molecule has 0 spiro atoms. The second kappa shape index (κ2) is 9.96. The van der Waals surface area contributed by atoms with Gasteiger partial charge in [0.15, 0.2) is 0 Å². The summed E-state index contributed by atoms with van der Waals surface area (Å²) in [4.78, 5) is 16.1. The molecule has 0 aliphatic rings. The van der Waals surface area contributed by atoms with Crippen molar-refractivity contribution in [3.63, 3.8) is 0 Å². The number of pyridine rings is 1. The smallest absolute Gasteiger partial charge is 0.493 e. The fourth-order valence-corrected chi connectivity index (χ4v) is 2.32. The van der Waals surface area contributed by atoms with Crippen LogP contribution in [0.4, 0.5) is 13.2 Å². The molecule has 0 fully saturated rings. The number of hydrogen-bond donors (Lipinski definition) is 1. The number of carbonyl (C=O) groups is 1. The Morgan fingerprint density at radius 3 is 2.57 bits per heavy atom. The van der Waals surface area contributed by atoms with Crippen LogP contribution < -0.4 is 14.8 Å². The van der Waals surface area contributed by atoms with Gasteiger partial charge >= 0.3 is 6.36 Å². The zero-order chi connectivity index (χ0) is 20.6. The van der Waals surface area contributed by atoms with Crippen LogP contribution in [0.3, 0.4) is 0 Å². The van der Waals surface area contributed by atoms with Crippen LogP contribution in [0, 0.1) is 5.92 Å². The average molecular weight is 396 g/mol. The normalized spacial score (nSPS) is 11.4. The Morgan fingerprint density at radius 2 is 1.93 bits per heavy atom. The molecule has 0 saturated heterocycles. The molecule has 0 aliphatic heterocycles. The van der Waals surface area contributed by atoms with E-state index in [0.29, 0.717) is 24.6 Å². The third kappa shape index (κ3) is 7.85. The van der Waals surface area contributed by atoms with Crippen molar-refractivity contribution in [2.45, 2.75) is 33.1 Å². The molecular formula is C20H23F3N2O3. The Labute approximate surface area is 161 Å². The van der Waals surface area contributed by atoms with E-state index in [1.54, 1.807) is 24.4 Å². The molecule has 0 radical (unpaired) electrons. The minimum absolute atomic E-state index is 0.218. The van der Waals surface area contributed by atoms with Crippen LogP contribution in [-0.2, 0) is 6.42 Å². The molecule has 5 nitrogen and oxygen atoms in total. The highest BCUT2D eigenvalue weighted by Crippen LogP contribution is 2.26. The molecule has 1 N–H and O–H groups in total. The Bertz CT molecular complexity index is 762. The maximum atomic E-state index is 12.2. The maximum absolute atomic E-state index is 12.2. The maximum Gasteiger partial charge on any atom is 0.573 e. The van der Waals surface area contributed by atoms with Gasteiger partial charge in [0.25, 0.3) is 5.91 Å². The van der Waals surface area contributed by atoms with Crippen molar-refractivity contribution in [2.75, 3.05) is 13.2 Å². The molecule has 0 bridgehead atoms. The lowest BCUT2D eigenvalue weighted by Crippen LogP contribution is -2.26. The van der Waals surface area contributed by atoms with E-state index in [2.05, 4.69) is 28.9 Å². The van der Waals surface area contributed by atoms with Crippen LogP contribution in [-0.4, -0.2) is 30.4 Å². The second-order valence-corrected chi connectivity index (χ2v) is 6.61. The van der Waals surface area contributed by atoms with Gasteiger partial charge in [0, 0.05) is 25.2 Å². The Morgan fingerprint density at radius 1 is 1.18 bits per heavy atom. The van der Waals surface area contributed by atoms with E-state index in [1.807, 2.05) is 0 Å². The largest absolute Gasteiger partial charge is 0.573 e. The fourth-order valence-electron chi connectivity index (χ4n) is 2.32. The lowest BCUT2D eigenvalue weighted by atomic mass is 10.1. The van der Waals surface area contributed by atoms with Gasteiger partial charge in [-0.05, 0) is 36.1 Å². The van der Waals surface area contributed by atoms with E-state index in [9.17, 15) is 18.0 Å². The summed E-state index contributed by atoms with van der Waals surface area (Å²) in [6, 6.07) is 8.76. The molecule has 0 saturated carbocycles. The zero-order valence-corrected chi connectivity index (χ0v) is 15.8. The number of aromatic nitrogens is 1. The highest BCUT2D eigenvalue weighted by molar-refractivity contribution is 5.92. The molecule has 2 aromatic rings. The van der Waals surface area contributed by atoms with Gasteiger partial charge in [-0.1, -0.05) is 26.0 Å². The monoisotopic (exact) mass is 396 g/mol. The van der Waals surface area contributed by atoms with Crippen LogP contribution in [0.15, 0.2) is 42.6 Å². The molecule has 28 heavy (non-hydrogen) atoms. The second-order valence-electron chi connectivity index (χ2n) is 6.61. The number of nitrogens with zero attached hydrogens (tertiary/aromatic N) is 1. The molecule has 0 atom stereocenters. The molecule has 1 aromatic carbocycles. The summed E-state index contributed by atoms with van der Waals surface area (Å²) in [5.41, 5.74) is 1.19. The summed E-state index contributed by atoms with van der Waals surface area (Å²) in [6.07, 6.45) is -1.76. The van der Waals surface area contributed by atoms with E-state index in [-0.39, 0.29) is 24.0 Å². The zero-order valence-electron chi connectivity index (χ0n) is 15.8. The molecule has 0 aliphatic carbocycles. The first-order chi connectivity index (χ1) is 13.2. The molecule has 1 heterocycles. The van der Waals surface area contributed by atoms with Crippen LogP contribution >= 0.6 is 0 Å². The standard InChI is InChI=1S/C20H23F3N2O3/c1-14(2)8-10-24-19(26)18-7-6-15(13-25-18)9-11-27-16-4-3-5-17(12-16)28-20(21,22)23/h3-7,12-14H,8-11H2,1-2H3,(H,24,26). The predicted molar refractivity (Wildman–Crippen MR) is 98.3 cm³/mol. The number of ether oxygens (including phenoxy) is 2. The van der Waals surface area contributed by atoms with E-state index < -0.39 is 6.36 Å². The fraction of sp³-hybridized carbons (Fsp3) is 0.400. The number of nitrogens with one attached hydrogen (secondary N) is 1. The number of rotatable bonds is 9. The summed E-state index contributed by atoms with van der Waals surface area (Å²) in [5, 5.41) is 2.82. The summed E-state index contributed by atoms with van der Waals surface area (Å²) in [5.74, 6) is 0.233. The number of alkyl halides is 3. The first-order valence-electron chi connectivity index (χ1n) is 8.94. The van der Waals surface area contributed by atoms with Gasteiger partial charge in [-0.2, -0.15) is 0 Å². The van der Waals surface area contributed by atoms with Crippen molar-refractivity contribution >= 4 is 5.91 Å². The quantitative estimate of drug-likeness (QED) is 0.684. The van der Waals surface area contributed by atoms with Crippen molar-refractivity contribution in [1.82, 2.24) is 10.3 Å². The summed E-state index contributed by atoms with van der Waals surface area (Å²) in [7, 11) is 0. The Kier molecular flexibility index (Phi) is 7.66. The summed E-state index contributed by atoms with van der Waals surface area (Å²) >= 11 is 0. The van der Waals surface area contributed by atoms with Crippen LogP contribution in [0.5, 0.6) is 11.5 Å². The van der Waals surface area contributed by atoms with E-state index in [1.165, 1.54) is 18.2 Å². The highest BCUT2D eigenvalue weighted by atomic mass is 19.4. The summed E-state index contributed by atoms with van der Waals surface area (Å²) < 4.78 is 46.0. The number of hydrogen-bond acceptors (Lipinski definition) is 4. The first-order valence-corrected chi connectivity index (χ1v) is 8.94. The van der Waals surface area contributed by atoms with Crippen molar-refractivity contribution in [2.24, 2.45) is 5.92 Å². The minimum atomic E-state index is -4.74. The van der Waals surface area contributed by atoms with E-state index in [0.717, 1.165) is 12.0 Å². The molecule has 0 unspecified atom stereocenters. The van der Waals surface area contributed by atoms with Gasteiger partial charge in [-0.25, -0.2) is 0 Å². The van der Waals surface area contributed by atoms with Gasteiger partial charge in [0.1, 0.15) is 17.2 Å². The first kappa shape index (κ1) is 21.5. The van der Waals surface area contributed by atoms with Gasteiger partial charge < -0.3 is 14.8 Å². The molecule has 152 valence electrons. The van der Waals surface area contributed by atoms with Crippen molar-refractivity contribution in [3.8, 4) is 11.5 Å². The van der Waals surface area contributed by atoms with Gasteiger partial charge in [0.05, 0.1) is 6.61 Å².